The Kier molecular flexibility index (Phi) is 10.3. The lowest BCUT2D eigenvalue weighted by molar-refractivity contribution is 0.313. The normalized spacial score (nSPS) is 15.2. The number of pyridine rings is 2. The molecule has 16 heteroatoms. The number of anilines is 4. The number of hydrogen-bond donors (Lipinski definition) is 6. The fourth-order valence-corrected chi connectivity index (χ4v) is 7.89. The van der Waals surface area contributed by atoms with Crippen LogP contribution in [0.25, 0.3) is 66.6 Å². The van der Waals surface area contributed by atoms with Crippen LogP contribution in [0.15, 0.2) is 82.4 Å². The Labute approximate surface area is 337 Å². The minimum Gasteiger partial charge on any atom is -0.397 e. The topological polar surface area (TPSA) is 188 Å². The first-order chi connectivity index (χ1) is 28.0. The largest absolute Gasteiger partial charge is 0.397 e. The second-order valence-electron chi connectivity index (χ2n) is 15.0. The average molecular weight is 801 g/mol. The van der Waals surface area contributed by atoms with Crippen molar-refractivity contribution in [2.75, 3.05) is 87.7 Å². The van der Waals surface area contributed by atoms with Gasteiger partial charge in [0.15, 0.2) is 0 Å². The lowest BCUT2D eigenvalue weighted by atomic mass is 10.1. The van der Waals surface area contributed by atoms with Crippen molar-refractivity contribution in [3.63, 3.8) is 0 Å². The van der Waals surface area contributed by atoms with E-state index >= 15 is 0 Å². The predicted molar refractivity (Wildman–Crippen MR) is 234 cm³/mol. The van der Waals surface area contributed by atoms with E-state index < -0.39 is 22.8 Å². The number of aromatic nitrogens is 6. The second kappa shape index (κ2) is 15.5. The molecule has 0 aliphatic carbocycles. The maximum atomic E-state index is 14.3. The number of H-pyrrole nitrogens is 4. The maximum absolute atomic E-state index is 14.3. The van der Waals surface area contributed by atoms with Crippen molar-refractivity contribution in [2.24, 2.45) is 0 Å². The summed E-state index contributed by atoms with van der Waals surface area (Å²) in [6.07, 6.45) is 0. The number of benzene rings is 4. The fourth-order valence-electron chi connectivity index (χ4n) is 7.89. The van der Waals surface area contributed by atoms with E-state index in [1.807, 2.05) is 36.4 Å². The molecule has 14 nitrogen and oxygen atoms in total. The van der Waals surface area contributed by atoms with E-state index in [0.717, 1.165) is 85.8 Å². The van der Waals surface area contributed by atoms with Crippen LogP contribution < -0.4 is 32.4 Å². The molecular formula is C43H46F2N12O2. The minimum atomic E-state index is -0.481. The molecule has 0 bridgehead atoms. The van der Waals surface area contributed by atoms with Gasteiger partial charge in [-0.2, -0.15) is 0 Å². The number of aromatic amines is 4. The first-order valence-electron chi connectivity index (χ1n) is 19.1. The Morgan fingerprint density at radius 3 is 1.32 bits per heavy atom. The maximum Gasteiger partial charge on any atom is 0.261 e. The van der Waals surface area contributed by atoms with Gasteiger partial charge in [0.25, 0.3) is 11.1 Å². The molecule has 2 aliphatic rings. The van der Waals surface area contributed by atoms with Crippen molar-refractivity contribution in [2.45, 2.75) is 7.43 Å². The van der Waals surface area contributed by atoms with Crippen LogP contribution in [0.2, 0.25) is 0 Å². The highest BCUT2D eigenvalue weighted by Gasteiger charge is 2.22. The number of nitrogens with two attached hydrogens (primary N) is 2. The summed E-state index contributed by atoms with van der Waals surface area (Å²) < 4.78 is 28.6. The average Bonchev–Trinajstić information content (AvgIpc) is 3.82. The molecule has 4 aromatic carbocycles. The third-order valence-corrected chi connectivity index (χ3v) is 11.2. The van der Waals surface area contributed by atoms with Gasteiger partial charge in [-0.3, -0.25) is 9.59 Å². The van der Waals surface area contributed by atoms with Crippen molar-refractivity contribution in [1.29, 1.82) is 0 Å². The molecule has 0 unspecified atom stereocenters. The molecule has 2 aliphatic heterocycles. The summed E-state index contributed by atoms with van der Waals surface area (Å²) in [6, 6.07) is 20.9. The standard InChI is InChI=1S/2C21H21FN6O.CH4/c2*1-27-7-9-28(10-8-27)12-5-6-14-16(11-12)25-20(24-14)18-19(23)17-13(22)3-2-4-15(17)26-21(18)29;/h2*2-6,11H,7-10H2,1H3,(H,24,25)(H3,23,26,29);1H4. The van der Waals surface area contributed by atoms with Gasteiger partial charge in [0.1, 0.15) is 34.4 Å². The van der Waals surface area contributed by atoms with Crippen LogP contribution in [0.3, 0.4) is 0 Å². The van der Waals surface area contributed by atoms with Crippen LogP contribution in [0, 0.1) is 11.6 Å². The van der Waals surface area contributed by atoms with E-state index in [1.54, 1.807) is 12.1 Å². The molecule has 6 heterocycles. The van der Waals surface area contributed by atoms with E-state index in [9.17, 15) is 18.4 Å². The van der Waals surface area contributed by atoms with Crippen molar-refractivity contribution >= 4 is 66.6 Å². The number of fused-ring (bicyclic) bond motifs is 4. The molecule has 0 saturated carbocycles. The first-order valence-corrected chi connectivity index (χ1v) is 19.1. The number of nitrogens with zero attached hydrogens (tertiary/aromatic N) is 6. The van der Waals surface area contributed by atoms with Gasteiger partial charge in [-0.05, 0) is 74.8 Å². The summed E-state index contributed by atoms with van der Waals surface area (Å²) in [6.45, 7) is 7.89. The van der Waals surface area contributed by atoms with Gasteiger partial charge in [0, 0.05) is 63.7 Å². The molecule has 0 radical (unpaired) electrons. The number of likely N-dealkylation sites (N-methyl/N-ethyl adjacent to an activating group) is 2. The number of hydrogen-bond acceptors (Lipinski definition) is 10. The van der Waals surface area contributed by atoms with Crippen LogP contribution in [0.4, 0.5) is 31.5 Å². The van der Waals surface area contributed by atoms with Crippen molar-refractivity contribution in [3.05, 3.63) is 105 Å². The third-order valence-electron chi connectivity index (χ3n) is 11.2. The van der Waals surface area contributed by atoms with Gasteiger partial charge in [-0.15, -0.1) is 0 Å². The molecule has 0 amide bonds. The zero-order valence-electron chi connectivity index (χ0n) is 32.0. The summed E-state index contributed by atoms with van der Waals surface area (Å²) in [4.78, 5) is 55.4. The Morgan fingerprint density at radius 1 is 0.542 bits per heavy atom. The Morgan fingerprint density at radius 2 is 0.932 bits per heavy atom. The summed E-state index contributed by atoms with van der Waals surface area (Å²) in [5.74, 6) is -0.296. The lowest BCUT2D eigenvalue weighted by Crippen LogP contribution is -2.44. The Hall–Kier alpha value is -6.78. The zero-order chi connectivity index (χ0) is 40.2. The number of imidazole rings is 2. The van der Waals surface area contributed by atoms with E-state index in [1.165, 1.54) is 24.3 Å². The predicted octanol–water partition coefficient (Wildman–Crippen LogP) is 5.73. The number of piperazine rings is 2. The molecule has 304 valence electrons. The fraction of sp³-hybridized carbons (Fsp3) is 0.256. The monoisotopic (exact) mass is 800 g/mol. The Bertz CT molecular complexity index is 2770. The van der Waals surface area contributed by atoms with Crippen LogP contribution >= 0.6 is 0 Å². The van der Waals surface area contributed by atoms with Gasteiger partial charge in [-0.25, -0.2) is 18.7 Å². The van der Waals surface area contributed by atoms with E-state index in [0.29, 0.717) is 22.7 Å². The molecule has 2 fully saturated rings. The summed E-state index contributed by atoms with van der Waals surface area (Å²) in [5.41, 5.74) is 18.1. The van der Waals surface area contributed by atoms with Crippen molar-refractivity contribution in [1.82, 2.24) is 39.7 Å². The van der Waals surface area contributed by atoms with Crippen molar-refractivity contribution < 1.29 is 8.78 Å². The molecule has 8 N–H and O–H groups in total. The highest BCUT2D eigenvalue weighted by molar-refractivity contribution is 5.99. The van der Waals surface area contributed by atoms with E-state index in [4.69, 9.17) is 11.5 Å². The van der Waals surface area contributed by atoms with Gasteiger partial charge in [0.2, 0.25) is 0 Å². The summed E-state index contributed by atoms with van der Waals surface area (Å²) in [5, 5.41) is 0.390. The lowest BCUT2D eigenvalue weighted by Gasteiger charge is -2.34. The van der Waals surface area contributed by atoms with Gasteiger partial charge in [-0.1, -0.05) is 19.6 Å². The molecule has 4 aromatic heterocycles. The molecule has 0 atom stereocenters. The molecule has 2 saturated heterocycles. The smallest absolute Gasteiger partial charge is 0.261 e. The van der Waals surface area contributed by atoms with Crippen molar-refractivity contribution in [3.8, 4) is 22.8 Å². The number of halogens is 2. The Balaban J connectivity index is 0.000000161. The zero-order valence-corrected chi connectivity index (χ0v) is 32.0. The molecule has 0 spiro atoms. The SMILES string of the molecule is C.CN1CCN(c2ccc3nc(-c4c(N)c5c(F)cccc5[nH]c4=O)[nH]c3c2)CC1.CN1CCN(c2ccc3nc(-c4c(N)c5c(F)cccc5[nH]c4=O)[nH]c3c2)CC1. The number of nitrogen functional groups attached to an aromatic ring is 2. The van der Waals surface area contributed by atoms with Crippen LogP contribution in [0.1, 0.15) is 7.43 Å². The molecule has 8 aromatic rings. The first kappa shape index (κ1) is 39.1. The second-order valence-corrected chi connectivity index (χ2v) is 15.0. The van der Waals surface area contributed by atoms with E-state index in [-0.39, 0.29) is 40.7 Å². The van der Waals surface area contributed by atoms with Gasteiger partial charge in [0.05, 0.1) is 55.2 Å². The van der Waals surface area contributed by atoms with E-state index in [2.05, 4.69) is 63.6 Å². The van der Waals surface area contributed by atoms with Crippen LogP contribution in [0.5, 0.6) is 0 Å². The van der Waals surface area contributed by atoms with Gasteiger partial charge >= 0.3 is 0 Å². The molecule has 59 heavy (non-hydrogen) atoms. The number of rotatable bonds is 4. The highest BCUT2D eigenvalue weighted by Crippen LogP contribution is 2.33. The number of nitrogens with one attached hydrogen (secondary N) is 4. The molecular weight excluding hydrogens is 755 g/mol. The van der Waals surface area contributed by atoms with Crippen LogP contribution in [-0.4, -0.2) is 106 Å². The van der Waals surface area contributed by atoms with Crippen LogP contribution in [-0.2, 0) is 0 Å². The summed E-state index contributed by atoms with van der Waals surface area (Å²) in [7, 11) is 4.24. The minimum absolute atomic E-state index is 0. The van der Waals surface area contributed by atoms with Gasteiger partial charge < -0.3 is 51.0 Å². The quantitative estimate of drug-likeness (QED) is 0.128. The molecule has 10 rings (SSSR count). The highest BCUT2D eigenvalue weighted by atomic mass is 19.1. The third kappa shape index (κ3) is 7.21. The summed E-state index contributed by atoms with van der Waals surface area (Å²) >= 11 is 0.